The summed E-state index contributed by atoms with van der Waals surface area (Å²) in [4.78, 5) is 30.4. The first-order chi connectivity index (χ1) is 13.2. The summed E-state index contributed by atoms with van der Waals surface area (Å²) in [6, 6.07) is 3.96. The summed E-state index contributed by atoms with van der Waals surface area (Å²) in [5.74, 6) is 0.762. The van der Waals surface area contributed by atoms with Crippen molar-refractivity contribution < 1.29 is 4.79 Å². The summed E-state index contributed by atoms with van der Waals surface area (Å²) in [5.41, 5.74) is 2.85. The molecule has 1 amide bonds. The number of carbonyl (C=O) groups is 1. The number of amides is 1. The molecule has 4 rings (SSSR count). The monoisotopic (exact) mass is 380 g/mol. The fourth-order valence-electron chi connectivity index (χ4n) is 3.10. The molecule has 8 heteroatoms. The van der Waals surface area contributed by atoms with Crippen LogP contribution in [0.15, 0.2) is 42.3 Å². The van der Waals surface area contributed by atoms with E-state index < -0.39 is 0 Å². The SMILES string of the molecule is Cc1ccc(Nc2nc([C@H]3CCCN3C(=O)/C=C/c3cnc[nH]3)cs2)nc1. The zero-order chi connectivity index (χ0) is 18.6. The maximum Gasteiger partial charge on any atom is 0.247 e. The van der Waals surface area contributed by atoms with Crippen molar-refractivity contribution in [3.05, 3.63) is 59.3 Å². The third-order valence-corrected chi connectivity index (χ3v) is 5.25. The van der Waals surface area contributed by atoms with Crippen molar-refractivity contribution in [3.63, 3.8) is 0 Å². The predicted molar refractivity (Wildman–Crippen MR) is 106 cm³/mol. The molecule has 138 valence electrons. The lowest BCUT2D eigenvalue weighted by Gasteiger charge is -2.21. The van der Waals surface area contributed by atoms with E-state index in [-0.39, 0.29) is 11.9 Å². The number of aromatic amines is 1. The van der Waals surface area contributed by atoms with Gasteiger partial charge in [0.15, 0.2) is 5.13 Å². The van der Waals surface area contributed by atoms with E-state index in [2.05, 4.69) is 25.3 Å². The van der Waals surface area contributed by atoms with Gasteiger partial charge in [0.2, 0.25) is 5.91 Å². The molecule has 0 radical (unpaired) electrons. The molecule has 1 atom stereocenters. The van der Waals surface area contributed by atoms with E-state index in [0.717, 1.165) is 47.3 Å². The van der Waals surface area contributed by atoms with E-state index in [9.17, 15) is 4.79 Å². The lowest BCUT2D eigenvalue weighted by atomic mass is 10.1. The van der Waals surface area contributed by atoms with Crippen molar-refractivity contribution in [1.82, 2.24) is 24.8 Å². The second-order valence-electron chi connectivity index (χ2n) is 6.45. The number of hydrogen-bond donors (Lipinski definition) is 2. The van der Waals surface area contributed by atoms with Crippen LogP contribution in [0.2, 0.25) is 0 Å². The lowest BCUT2D eigenvalue weighted by molar-refractivity contribution is -0.126. The zero-order valence-electron chi connectivity index (χ0n) is 14.9. The molecule has 7 nitrogen and oxygen atoms in total. The molecule has 0 bridgehead atoms. The third-order valence-electron chi connectivity index (χ3n) is 4.47. The van der Waals surface area contributed by atoms with Gasteiger partial charge in [-0.05, 0) is 37.5 Å². The smallest absolute Gasteiger partial charge is 0.247 e. The molecule has 27 heavy (non-hydrogen) atoms. The molecule has 0 saturated carbocycles. The maximum absolute atomic E-state index is 12.6. The van der Waals surface area contributed by atoms with Crippen LogP contribution in [0.1, 0.15) is 35.8 Å². The Bertz CT molecular complexity index is 932. The van der Waals surface area contributed by atoms with Gasteiger partial charge in [-0.1, -0.05) is 6.07 Å². The van der Waals surface area contributed by atoms with Crippen molar-refractivity contribution in [2.75, 3.05) is 11.9 Å². The minimum atomic E-state index is -0.00481. The Morgan fingerprint density at radius 2 is 2.33 bits per heavy atom. The average molecular weight is 380 g/mol. The molecule has 0 spiro atoms. The highest BCUT2D eigenvalue weighted by Crippen LogP contribution is 2.34. The number of carbonyl (C=O) groups excluding carboxylic acids is 1. The molecular formula is C19H20N6OS. The maximum atomic E-state index is 12.6. The van der Waals surface area contributed by atoms with Gasteiger partial charge in [0.25, 0.3) is 0 Å². The summed E-state index contributed by atoms with van der Waals surface area (Å²) < 4.78 is 0. The van der Waals surface area contributed by atoms with Crippen molar-refractivity contribution >= 4 is 34.3 Å². The van der Waals surface area contributed by atoms with Gasteiger partial charge < -0.3 is 15.2 Å². The molecule has 3 aromatic heterocycles. The fourth-order valence-corrected chi connectivity index (χ4v) is 3.86. The van der Waals surface area contributed by atoms with E-state index in [0.29, 0.717) is 0 Å². The summed E-state index contributed by atoms with van der Waals surface area (Å²) >= 11 is 1.53. The van der Waals surface area contributed by atoms with Crippen LogP contribution in [-0.2, 0) is 4.79 Å². The Morgan fingerprint density at radius 3 is 3.11 bits per heavy atom. The van der Waals surface area contributed by atoms with Crippen molar-refractivity contribution in [2.24, 2.45) is 0 Å². The Labute approximate surface area is 161 Å². The largest absolute Gasteiger partial charge is 0.345 e. The Kier molecular flexibility index (Phi) is 4.97. The van der Waals surface area contributed by atoms with Gasteiger partial charge in [0, 0.05) is 24.2 Å². The Balaban J connectivity index is 1.45. The summed E-state index contributed by atoms with van der Waals surface area (Å²) in [5, 5.41) is 6.04. The minimum Gasteiger partial charge on any atom is -0.345 e. The minimum absolute atomic E-state index is 0.00481. The first kappa shape index (κ1) is 17.4. The number of nitrogens with one attached hydrogen (secondary N) is 2. The van der Waals surface area contributed by atoms with Crippen molar-refractivity contribution in [2.45, 2.75) is 25.8 Å². The van der Waals surface area contributed by atoms with E-state index in [1.165, 1.54) is 11.3 Å². The van der Waals surface area contributed by atoms with Crippen LogP contribution in [-0.4, -0.2) is 37.3 Å². The third kappa shape index (κ3) is 4.06. The number of pyridine rings is 1. The number of thiazole rings is 1. The molecule has 1 fully saturated rings. The molecule has 4 heterocycles. The van der Waals surface area contributed by atoms with Gasteiger partial charge in [0.05, 0.1) is 30.0 Å². The van der Waals surface area contributed by atoms with Crippen LogP contribution in [0.5, 0.6) is 0 Å². The number of nitrogens with zero attached hydrogens (tertiary/aromatic N) is 4. The average Bonchev–Trinajstić information content (AvgIpc) is 3.43. The van der Waals surface area contributed by atoms with Crippen LogP contribution >= 0.6 is 11.3 Å². The number of aromatic nitrogens is 4. The first-order valence-corrected chi connectivity index (χ1v) is 9.69. The molecule has 2 N–H and O–H groups in total. The number of hydrogen-bond acceptors (Lipinski definition) is 6. The molecule has 0 unspecified atom stereocenters. The fraction of sp³-hybridized carbons (Fsp3) is 0.263. The highest BCUT2D eigenvalue weighted by Gasteiger charge is 2.30. The van der Waals surface area contributed by atoms with Gasteiger partial charge in [0.1, 0.15) is 5.82 Å². The normalized spacial score (nSPS) is 16.9. The topological polar surface area (TPSA) is 86.8 Å². The van der Waals surface area contributed by atoms with E-state index in [1.807, 2.05) is 35.5 Å². The molecule has 1 saturated heterocycles. The second kappa shape index (κ2) is 7.71. The van der Waals surface area contributed by atoms with Crippen LogP contribution in [0.3, 0.4) is 0 Å². The van der Waals surface area contributed by atoms with Crippen LogP contribution in [0.4, 0.5) is 10.9 Å². The summed E-state index contributed by atoms with van der Waals surface area (Å²) in [6.07, 6.45) is 10.3. The predicted octanol–water partition coefficient (Wildman–Crippen LogP) is 3.69. The Morgan fingerprint density at radius 1 is 1.41 bits per heavy atom. The van der Waals surface area contributed by atoms with E-state index in [4.69, 9.17) is 0 Å². The highest BCUT2D eigenvalue weighted by atomic mass is 32.1. The number of H-pyrrole nitrogens is 1. The number of anilines is 2. The van der Waals surface area contributed by atoms with Crippen LogP contribution in [0, 0.1) is 6.92 Å². The first-order valence-electron chi connectivity index (χ1n) is 8.81. The van der Waals surface area contributed by atoms with Crippen LogP contribution < -0.4 is 5.32 Å². The number of imidazole rings is 1. The molecular weight excluding hydrogens is 360 g/mol. The zero-order valence-corrected chi connectivity index (χ0v) is 15.7. The van der Waals surface area contributed by atoms with Crippen molar-refractivity contribution in [3.8, 4) is 0 Å². The quantitative estimate of drug-likeness (QED) is 0.659. The molecule has 0 aromatic carbocycles. The molecule has 1 aliphatic rings. The van der Waals surface area contributed by atoms with Gasteiger partial charge in [-0.15, -0.1) is 11.3 Å². The highest BCUT2D eigenvalue weighted by molar-refractivity contribution is 7.13. The lowest BCUT2D eigenvalue weighted by Crippen LogP contribution is -2.29. The number of likely N-dealkylation sites (tertiary alicyclic amines) is 1. The molecule has 3 aromatic rings. The number of rotatable bonds is 5. The van der Waals surface area contributed by atoms with E-state index >= 15 is 0 Å². The van der Waals surface area contributed by atoms with Crippen LogP contribution in [0.25, 0.3) is 6.08 Å². The van der Waals surface area contributed by atoms with Gasteiger partial charge in [-0.25, -0.2) is 15.0 Å². The van der Waals surface area contributed by atoms with Gasteiger partial charge in [-0.3, -0.25) is 4.79 Å². The summed E-state index contributed by atoms with van der Waals surface area (Å²) in [7, 11) is 0. The molecule has 0 aliphatic carbocycles. The molecule has 1 aliphatic heterocycles. The number of aryl methyl sites for hydroxylation is 1. The van der Waals surface area contributed by atoms with Crippen molar-refractivity contribution in [1.29, 1.82) is 0 Å². The second-order valence-corrected chi connectivity index (χ2v) is 7.31. The van der Waals surface area contributed by atoms with Gasteiger partial charge >= 0.3 is 0 Å². The Hall–Kier alpha value is -3.00. The summed E-state index contributed by atoms with van der Waals surface area (Å²) in [6.45, 7) is 2.75. The standard InChI is InChI=1S/C19H20N6OS/c1-13-4-6-17(21-9-13)24-19-23-15(11-27-19)16-3-2-8-25(16)18(26)7-5-14-10-20-12-22-14/h4-7,9-12,16H,2-3,8H2,1H3,(H,20,22)(H,21,23,24)/b7-5+/t16-/m1/s1. The van der Waals surface area contributed by atoms with E-state index in [1.54, 1.807) is 24.7 Å². The van der Waals surface area contributed by atoms with Gasteiger partial charge in [-0.2, -0.15) is 0 Å².